The maximum atomic E-state index is 12.3. The quantitative estimate of drug-likeness (QED) is 0.713. The number of hydrogen-bond acceptors (Lipinski definition) is 5. The number of amides is 2. The van der Waals surface area contributed by atoms with Gasteiger partial charge < -0.3 is 16.4 Å². The zero-order valence-corrected chi connectivity index (χ0v) is 15.1. The van der Waals surface area contributed by atoms with Gasteiger partial charge in [0, 0.05) is 12.1 Å². The average Bonchev–Trinajstić information content (AvgIpc) is 2.88. The number of aromatic nitrogens is 1. The Kier molecular flexibility index (Phi) is 5.90. The summed E-state index contributed by atoms with van der Waals surface area (Å²) >= 11 is 1.38. The molecule has 0 fully saturated rings. The summed E-state index contributed by atoms with van der Waals surface area (Å²) in [5.41, 5.74) is 6.62. The summed E-state index contributed by atoms with van der Waals surface area (Å²) in [5.74, 6) is -0.242. The number of nitrogens with one attached hydrogen (secondary N) is 2. The maximum Gasteiger partial charge on any atom is 0.244 e. The minimum atomic E-state index is -0.892. The molecule has 1 unspecified atom stereocenters. The first-order valence-electron chi connectivity index (χ1n) is 8.16. The fourth-order valence-corrected chi connectivity index (χ4v) is 3.29. The molecule has 0 saturated heterocycles. The Morgan fingerprint density at radius 3 is 2.67 bits per heavy atom. The van der Waals surface area contributed by atoms with Crippen LogP contribution in [0.1, 0.15) is 46.5 Å². The fraction of sp³-hybridized carbons (Fsp3) is 0.471. The molecule has 7 heteroatoms. The highest BCUT2D eigenvalue weighted by Crippen LogP contribution is 2.29. The number of anilines is 2. The summed E-state index contributed by atoms with van der Waals surface area (Å²) in [6, 6.07) is 5.46. The van der Waals surface area contributed by atoms with Crippen molar-refractivity contribution in [3.05, 3.63) is 18.2 Å². The zero-order chi connectivity index (χ0) is 17.7. The molecule has 2 rings (SSSR count). The summed E-state index contributed by atoms with van der Waals surface area (Å²) in [6.45, 7) is 5.69. The number of carbonyl (C=O) groups is 2. The molecule has 1 heterocycles. The van der Waals surface area contributed by atoms with Crippen LogP contribution in [0.5, 0.6) is 0 Å². The van der Waals surface area contributed by atoms with Crippen LogP contribution < -0.4 is 16.4 Å². The monoisotopic (exact) mass is 348 g/mol. The molecule has 1 atom stereocenters. The van der Waals surface area contributed by atoms with Gasteiger partial charge in [-0.2, -0.15) is 0 Å². The lowest BCUT2D eigenvalue weighted by atomic mass is 9.96. The van der Waals surface area contributed by atoms with Crippen LogP contribution in [0, 0.1) is 0 Å². The molecule has 130 valence electrons. The predicted octanol–water partition coefficient (Wildman–Crippen LogP) is 3.49. The first kappa shape index (κ1) is 18.4. The van der Waals surface area contributed by atoms with Crippen LogP contribution in [0.4, 0.5) is 10.8 Å². The molecule has 0 aliphatic carbocycles. The summed E-state index contributed by atoms with van der Waals surface area (Å²) in [6.07, 6.45) is 2.73. The Balaban J connectivity index is 2.13. The van der Waals surface area contributed by atoms with Gasteiger partial charge in [0.25, 0.3) is 0 Å². The van der Waals surface area contributed by atoms with Crippen molar-refractivity contribution >= 4 is 44.2 Å². The number of carbonyl (C=O) groups excluding carboxylic acids is 2. The number of thiazole rings is 1. The molecule has 0 spiro atoms. The summed E-state index contributed by atoms with van der Waals surface area (Å²) in [7, 11) is 0. The van der Waals surface area contributed by atoms with Crippen molar-refractivity contribution in [2.24, 2.45) is 5.73 Å². The van der Waals surface area contributed by atoms with Gasteiger partial charge in [-0.05, 0) is 38.0 Å². The van der Waals surface area contributed by atoms with Gasteiger partial charge in [0.15, 0.2) is 5.13 Å². The second kappa shape index (κ2) is 7.72. The first-order valence-corrected chi connectivity index (χ1v) is 8.98. The lowest BCUT2D eigenvalue weighted by Crippen LogP contribution is -2.48. The van der Waals surface area contributed by atoms with Crippen molar-refractivity contribution in [3.63, 3.8) is 0 Å². The van der Waals surface area contributed by atoms with E-state index in [9.17, 15) is 9.59 Å². The maximum absolute atomic E-state index is 12.3. The molecule has 0 aliphatic heterocycles. The molecule has 6 nitrogen and oxygen atoms in total. The highest BCUT2D eigenvalue weighted by atomic mass is 32.1. The number of benzene rings is 1. The van der Waals surface area contributed by atoms with Crippen LogP contribution in [0.2, 0.25) is 0 Å². The van der Waals surface area contributed by atoms with Crippen molar-refractivity contribution in [2.45, 2.75) is 52.0 Å². The van der Waals surface area contributed by atoms with E-state index < -0.39 is 5.54 Å². The highest BCUT2D eigenvalue weighted by molar-refractivity contribution is 7.22. The lowest BCUT2D eigenvalue weighted by molar-refractivity contribution is -0.121. The van der Waals surface area contributed by atoms with Gasteiger partial charge in [-0.25, -0.2) is 4.98 Å². The van der Waals surface area contributed by atoms with Gasteiger partial charge in [-0.15, -0.1) is 0 Å². The molecule has 2 amide bonds. The third-order valence-electron chi connectivity index (χ3n) is 3.66. The van der Waals surface area contributed by atoms with Gasteiger partial charge in [-0.3, -0.25) is 9.59 Å². The van der Waals surface area contributed by atoms with Crippen molar-refractivity contribution in [1.82, 2.24) is 4.98 Å². The number of nitrogens with two attached hydrogens (primary N) is 1. The van der Waals surface area contributed by atoms with E-state index in [1.807, 2.05) is 26.0 Å². The Hall–Kier alpha value is -1.99. The van der Waals surface area contributed by atoms with Crippen LogP contribution in [0.25, 0.3) is 10.2 Å². The van der Waals surface area contributed by atoms with E-state index in [1.54, 1.807) is 13.0 Å². The van der Waals surface area contributed by atoms with Crippen LogP contribution in [-0.4, -0.2) is 22.3 Å². The van der Waals surface area contributed by atoms with E-state index in [0.29, 0.717) is 23.7 Å². The number of fused-ring (bicyclic) bond motifs is 1. The Morgan fingerprint density at radius 2 is 2.00 bits per heavy atom. The molecule has 1 aromatic carbocycles. The molecule has 2 aromatic rings. The molecule has 4 N–H and O–H groups in total. The van der Waals surface area contributed by atoms with E-state index in [1.165, 1.54) is 11.3 Å². The zero-order valence-electron chi connectivity index (χ0n) is 14.3. The molecule has 0 saturated carbocycles. The normalized spacial score (nSPS) is 13.5. The van der Waals surface area contributed by atoms with Gasteiger partial charge in [0.05, 0.1) is 15.8 Å². The minimum absolute atomic E-state index is 0.0384. The number of nitrogens with zero attached hydrogens (tertiary/aromatic N) is 1. The second-order valence-corrected chi connectivity index (χ2v) is 7.15. The van der Waals surface area contributed by atoms with E-state index >= 15 is 0 Å². The van der Waals surface area contributed by atoms with E-state index in [-0.39, 0.29) is 11.8 Å². The summed E-state index contributed by atoms with van der Waals surface area (Å²) < 4.78 is 0.897. The van der Waals surface area contributed by atoms with Crippen LogP contribution in [-0.2, 0) is 9.59 Å². The molecule has 0 bridgehead atoms. The third-order valence-corrected chi connectivity index (χ3v) is 4.59. The highest BCUT2D eigenvalue weighted by Gasteiger charge is 2.27. The Labute approximate surface area is 145 Å². The van der Waals surface area contributed by atoms with Gasteiger partial charge in [0.1, 0.15) is 0 Å². The summed E-state index contributed by atoms with van der Waals surface area (Å²) in [4.78, 5) is 28.3. The standard InChI is InChI=1S/C17H24N4O2S/c1-4-6-14(22)21-16-20-12-8-7-11(10-13(12)24-16)19-15(23)17(3,18)9-5-2/h7-8,10H,4-6,9,18H2,1-3H3,(H,19,23)(H,20,21,22). The van der Waals surface area contributed by atoms with E-state index in [2.05, 4.69) is 15.6 Å². The molecule has 0 radical (unpaired) electrons. The Bertz CT molecular complexity index is 739. The van der Waals surface area contributed by atoms with E-state index in [0.717, 1.165) is 23.1 Å². The van der Waals surface area contributed by atoms with Crippen molar-refractivity contribution in [3.8, 4) is 0 Å². The van der Waals surface area contributed by atoms with Crippen LogP contribution in [0.15, 0.2) is 18.2 Å². The van der Waals surface area contributed by atoms with Crippen molar-refractivity contribution < 1.29 is 9.59 Å². The number of rotatable bonds is 7. The average molecular weight is 348 g/mol. The Morgan fingerprint density at radius 1 is 1.25 bits per heavy atom. The van der Waals surface area contributed by atoms with Gasteiger partial charge in [0.2, 0.25) is 11.8 Å². The first-order chi connectivity index (χ1) is 11.4. The smallest absolute Gasteiger partial charge is 0.244 e. The SMILES string of the molecule is CCCC(=O)Nc1nc2ccc(NC(=O)C(C)(N)CCC)cc2s1. The van der Waals surface area contributed by atoms with E-state index in [4.69, 9.17) is 5.73 Å². The molecule has 0 aliphatic rings. The lowest BCUT2D eigenvalue weighted by Gasteiger charge is -2.22. The van der Waals surface area contributed by atoms with Crippen molar-refractivity contribution in [2.75, 3.05) is 10.6 Å². The largest absolute Gasteiger partial charge is 0.324 e. The van der Waals surface area contributed by atoms with Gasteiger partial charge in [-0.1, -0.05) is 31.6 Å². The predicted molar refractivity (Wildman–Crippen MR) is 99.3 cm³/mol. The number of hydrogen-bond donors (Lipinski definition) is 3. The minimum Gasteiger partial charge on any atom is -0.324 e. The molecular weight excluding hydrogens is 324 g/mol. The second-order valence-electron chi connectivity index (χ2n) is 6.12. The molecular formula is C17H24N4O2S. The van der Waals surface area contributed by atoms with Crippen LogP contribution in [0.3, 0.4) is 0 Å². The summed E-state index contributed by atoms with van der Waals surface area (Å²) in [5, 5.41) is 6.22. The third kappa shape index (κ3) is 4.52. The fourth-order valence-electron chi connectivity index (χ4n) is 2.37. The van der Waals surface area contributed by atoms with Gasteiger partial charge >= 0.3 is 0 Å². The molecule has 24 heavy (non-hydrogen) atoms. The van der Waals surface area contributed by atoms with Crippen LogP contribution >= 0.6 is 11.3 Å². The topological polar surface area (TPSA) is 97.1 Å². The van der Waals surface area contributed by atoms with Crippen molar-refractivity contribution in [1.29, 1.82) is 0 Å². The molecule has 1 aromatic heterocycles.